The van der Waals surface area contributed by atoms with E-state index in [-0.39, 0.29) is 5.56 Å². The van der Waals surface area contributed by atoms with Crippen molar-refractivity contribution in [2.75, 3.05) is 5.73 Å². The van der Waals surface area contributed by atoms with Gasteiger partial charge in [-0.2, -0.15) is 0 Å². The Bertz CT molecular complexity index is 1020. The number of alkyl halides is 2. The second kappa shape index (κ2) is 7.67. The van der Waals surface area contributed by atoms with E-state index in [1.54, 1.807) is 11.3 Å². The maximum atomic E-state index is 13.5. The number of rotatable bonds is 4. The molecular weight excluding hydrogens is 372 g/mol. The maximum Gasteiger partial charge on any atom is 0.264 e. The smallest absolute Gasteiger partial charge is 0.264 e. The van der Waals surface area contributed by atoms with E-state index in [0.29, 0.717) is 17.7 Å². The van der Waals surface area contributed by atoms with E-state index in [2.05, 4.69) is 30.5 Å². The van der Waals surface area contributed by atoms with Gasteiger partial charge in [0, 0.05) is 22.5 Å². The van der Waals surface area contributed by atoms with Crippen LogP contribution in [0.15, 0.2) is 35.7 Å². The molecule has 4 rings (SSSR count). The molecule has 4 heteroatoms. The van der Waals surface area contributed by atoms with Crippen LogP contribution in [0.2, 0.25) is 0 Å². The Morgan fingerprint density at radius 3 is 2.54 bits per heavy atom. The van der Waals surface area contributed by atoms with E-state index >= 15 is 0 Å². The normalized spacial score (nSPS) is 13.8. The Kier molecular flexibility index (Phi) is 5.24. The van der Waals surface area contributed by atoms with Gasteiger partial charge in [0.25, 0.3) is 6.43 Å². The van der Waals surface area contributed by atoms with E-state index in [1.807, 2.05) is 13.0 Å². The zero-order chi connectivity index (χ0) is 19.8. The average Bonchev–Trinajstić information content (AvgIpc) is 3.04. The lowest BCUT2D eigenvalue weighted by Gasteiger charge is -2.16. The van der Waals surface area contributed by atoms with Crippen LogP contribution >= 0.6 is 11.3 Å². The van der Waals surface area contributed by atoms with Gasteiger partial charge in [0.2, 0.25) is 0 Å². The Morgan fingerprint density at radius 1 is 1.04 bits per heavy atom. The zero-order valence-corrected chi connectivity index (χ0v) is 17.1. The van der Waals surface area contributed by atoms with E-state index in [1.165, 1.54) is 53.1 Å². The fraction of sp³-hybridized carbons (Fsp3) is 0.333. The van der Waals surface area contributed by atoms with Crippen molar-refractivity contribution in [3.63, 3.8) is 0 Å². The number of fused-ring (bicyclic) bond motifs is 1. The molecule has 0 unspecified atom stereocenters. The van der Waals surface area contributed by atoms with Crippen LogP contribution < -0.4 is 5.73 Å². The fourth-order valence-electron chi connectivity index (χ4n) is 4.15. The van der Waals surface area contributed by atoms with Crippen LogP contribution in [-0.4, -0.2) is 0 Å². The van der Waals surface area contributed by atoms with Crippen molar-refractivity contribution < 1.29 is 8.78 Å². The van der Waals surface area contributed by atoms with Gasteiger partial charge < -0.3 is 5.73 Å². The number of aryl methyl sites for hydroxylation is 3. The minimum absolute atomic E-state index is 0.0474. The molecule has 0 saturated heterocycles. The molecule has 1 aliphatic rings. The van der Waals surface area contributed by atoms with Gasteiger partial charge in [-0.15, -0.1) is 11.3 Å². The van der Waals surface area contributed by atoms with Crippen LogP contribution in [0.4, 0.5) is 14.5 Å². The van der Waals surface area contributed by atoms with E-state index in [0.717, 1.165) is 16.9 Å². The first kappa shape index (κ1) is 19.1. The number of hydrogen-bond donors (Lipinski definition) is 1. The molecule has 2 N–H and O–H groups in total. The monoisotopic (exact) mass is 397 g/mol. The lowest BCUT2D eigenvalue weighted by atomic mass is 9.89. The van der Waals surface area contributed by atoms with Crippen molar-refractivity contribution in [3.05, 3.63) is 74.0 Å². The van der Waals surface area contributed by atoms with Crippen molar-refractivity contribution in [1.29, 1.82) is 0 Å². The summed E-state index contributed by atoms with van der Waals surface area (Å²) in [5, 5.41) is 2.17. The number of anilines is 1. The second-order valence-corrected chi connectivity index (χ2v) is 8.74. The van der Waals surface area contributed by atoms with Crippen LogP contribution in [0.3, 0.4) is 0 Å². The van der Waals surface area contributed by atoms with Gasteiger partial charge in [0.05, 0.1) is 0 Å². The third-order valence-corrected chi connectivity index (χ3v) is 7.00. The Morgan fingerprint density at radius 2 is 1.79 bits per heavy atom. The van der Waals surface area contributed by atoms with Crippen LogP contribution in [0, 0.1) is 13.8 Å². The highest BCUT2D eigenvalue weighted by Crippen LogP contribution is 2.36. The predicted molar refractivity (Wildman–Crippen MR) is 114 cm³/mol. The molecular formula is C24H25F2NS. The number of hydrogen-bond acceptors (Lipinski definition) is 2. The number of halogens is 2. The highest BCUT2D eigenvalue weighted by molar-refractivity contribution is 7.10. The van der Waals surface area contributed by atoms with Gasteiger partial charge in [-0.25, -0.2) is 8.78 Å². The van der Waals surface area contributed by atoms with Crippen molar-refractivity contribution in [2.24, 2.45) is 0 Å². The molecule has 146 valence electrons. The lowest BCUT2D eigenvalue weighted by Crippen LogP contribution is -2.02. The second-order valence-electron chi connectivity index (χ2n) is 7.77. The van der Waals surface area contributed by atoms with E-state index < -0.39 is 6.43 Å². The summed E-state index contributed by atoms with van der Waals surface area (Å²) in [6.45, 7) is 3.97. The van der Waals surface area contributed by atoms with Gasteiger partial charge >= 0.3 is 0 Å². The van der Waals surface area contributed by atoms with E-state index in [9.17, 15) is 8.78 Å². The van der Waals surface area contributed by atoms with Gasteiger partial charge in [0.1, 0.15) is 0 Å². The summed E-state index contributed by atoms with van der Waals surface area (Å²) in [6, 6.07) is 10.0. The molecule has 0 saturated carbocycles. The van der Waals surface area contributed by atoms with Crippen LogP contribution in [-0.2, 0) is 19.3 Å². The first-order valence-corrected chi connectivity index (χ1v) is 10.7. The number of benzene rings is 2. The van der Waals surface area contributed by atoms with Crippen molar-refractivity contribution in [3.8, 4) is 11.1 Å². The summed E-state index contributed by atoms with van der Waals surface area (Å²) < 4.78 is 27.0. The first-order valence-electron chi connectivity index (χ1n) is 9.80. The SMILES string of the molecule is Cc1cc(Cc2scc(-c3ccc4c(c3)CCCC4)c2C)c(C(F)F)cc1N. The summed E-state index contributed by atoms with van der Waals surface area (Å²) in [7, 11) is 0. The quantitative estimate of drug-likeness (QED) is 0.470. The van der Waals surface area contributed by atoms with E-state index in [4.69, 9.17) is 5.73 Å². The van der Waals surface area contributed by atoms with Crippen LogP contribution in [0.1, 0.15) is 57.5 Å². The van der Waals surface area contributed by atoms with Gasteiger partial charge in [0.15, 0.2) is 0 Å². The molecule has 0 amide bonds. The third-order valence-electron chi connectivity index (χ3n) is 5.91. The van der Waals surface area contributed by atoms with Crippen molar-refractivity contribution in [2.45, 2.75) is 52.4 Å². The Hall–Kier alpha value is -2.20. The molecule has 1 aromatic heterocycles. The third kappa shape index (κ3) is 3.58. The zero-order valence-electron chi connectivity index (χ0n) is 16.3. The standard InChI is InChI=1S/C24H25F2NS/c1-14-9-19(20(24(25)26)12-22(14)27)11-23-15(2)21(13-28-23)18-8-7-16-5-3-4-6-17(16)10-18/h7-10,12-13,24H,3-6,11,27H2,1-2H3. The minimum atomic E-state index is -2.52. The molecule has 0 aliphatic heterocycles. The highest BCUT2D eigenvalue weighted by atomic mass is 32.1. The van der Waals surface area contributed by atoms with Gasteiger partial charge in [-0.3, -0.25) is 0 Å². The molecule has 3 aromatic rings. The minimum Gasteiger partial charge on any atom is -0.399 e. The highest BCUT2D eigenvalue weighted by Gasteiger charge is 2.18. The topological polar surface area (TPSA) is 26.0 Å². The average molecular weight is 398 g/mol. The summed E-state index contributed by atoms with van der Waals surface area (Å²) in [6.07, 6.45) is 2.87. The molecule has 1 aliphatic carbocycles. The summed E-state index contributed by atoms with van der Waals surface area (Å²) in [4.78, 5) is 1.14. The molecule has 0 fully saturated rings. The predicted octanol–water partition coefficient (Wildman–Crippen LogP) is 7.02. The molecule has 28 heavy (non-hydrogen) atoms. The molecule has 1 heterocycles. The largest absolute Gasteiger partial charge is 0.399 e. The first-order chi connectivity index (χ1) is 13.4. The Labute approximate surface area is 169 Å². The molecule has 2 aromatic carbocycles. The number of thiophene rings is 1. The summed E-state index contributed by atoms with van der Waals surface area (Å²) in [5.41, 5.74) is 14.4. The molecule has 0 spiro atoms. The Balaban J connectivity index is 1.68. The summed E-state index contributed by atoms with van der Waals surface area (Å²) >= 11 is 1.66. The van der Waals surface area contributed by atoms with Crippen LogP contribution in [0.5, 0.6) is 0 Å². The fourth-order valence-corrected chi connectivity index (χ4v) is 5.25. The van der Waals surface area contributed by atoms with Crippen molar-refractivity contribution >= 4 is 17.0 Å². The molecule has 0 bridgehead atoms. The number of nitrogen functional groups attached to an aromatic ring is 1. The number of nitrogens with two attached hydrogens (primary N) is 1. The summed E-state index contributed by atoms with van der Waals surface area (Å²) in [5.74, 6) is 0. The van der Waals surface area contributed by atoms with Crippen molar-refractivity contribution in [1.82, 2.24) is 0 Å². The molecule has 1 nitrogen and oxygen atoms in total. The van der Waals surface area contributed by atoms with Gasteiger partial charge in [-0.1, -0.05) is 24.3 Å². The van der Waals surface area contributed by atoms with Gasteiger partial charge in [-0.05, 0) is 89.9 Å². The molecule has 0 atom stereocenters. The maximum absolute atomic E-state index is 13.5. The molecule has 0 radical (unpaired) electrons. The lowest BCUT2D eigenvalue weighted by molar-refractivity contribution is 0.150. The van der Waals surface area contributed by atoms with Crippen LogP contribution in [0.25, 0.3) is 11.1 Å².